The fraction of sp³-hybridized carbons (Fsp3) is 0.273. The van der Waals surface area contributed by atoms with Gasteiger partial charge in [0.1, 0.15) is 0 Å². The average Bonchev–Trinajstić information content (AvgIpc) is 2.96. The number of nitrogens with zero attached hydrogens (tertiary/aromatic N) is 4. The first-order valence-electron chi connectivity index (χ1n) is 5.45. The molecule has 0 amide bonds. The van der Waals surface area contributed by atoms with Gasteiger partial charge in [0.2, 0.25) is 18.7 Å². The molecule has 0 saturated heterocycles. The van der Waals surface area contributed by atoms with Gasteiger partial charge in [-0.2, -0.15) is 0 Å². The summed E-state index contributed by atoms with van der Waals surface area (Å²) in [5.41, 5.74) is 6.54. The number of nitrogen functional groups attached to an aromatic ring is 1. The molecule has 2 heterocycles. The first kappa shape index (κ1) is 10.7. The predicted octanol–water partition coefficient (Wildman–Crippen LogP) is 0.894. The van der Waals surface area contributed by atoms with E-state index in [4.69, 9.17) is 15.2 Å². The summed E-state index contributed by atoms with van der Waals surface area (Å²) in [7, 11) is 3.68. The van der Waals surface area contributed by atoms with E-state index < -0.39 is 0 Å². The summed E-state index contributed by atoms with van der Waals surface area (Å²) in [6.45, 7) is 0.237. The fourth-order valence-corrected chi connectivity index (χ4v) is 1.91. The second-order valence-electron chi connectivity index (χ2n) is 3.99. The van der Waals surface area contributed by atoms with Crippen LogP contribution in [0.25, 0.3) is 0 Å². The Balaban J connectivity index is 2.05. The zero-order chi connectivity index (χ0) is 12.7. The van der Waals surface area contributed by atoms with Crippen LogP contribution >= 0.6 is 0 Å². The monoisotopic (exact) mass is 247 g/mol. The molecule has 0 radical (unpaired) electrons. The number of aromatic nitrogens is 3. The number of hydrogen-bond acceptors (Lipinski definition) is 6. The molecule has 0 spiro atoms. The summed E-state index contributed by atoms with van der Waals surface area (Å²) >= 11 is 0. The highest BCUT2D eigenvalue weighted by Gasteiger charge is 2.22. The Labute approximate surface area is 104 Å². The molecule has 0 bridgehead atoms. The minimum atomic E-state index is 0.237. The van der Waals surface area contributed by atoms with E-state index >= 15 is 0 Å². The molecule has 7 heteroatoms. The molecule has 0 saturated carbocycles. The number of ether oxygens (including phenoxy) is 2. The summed E-state index contributed by atoms with van der Waals surface area (Å²) in [6.07, 6.45) is 0. The van der Waals surface area contributed by atoms with Gasteiger partial charge in [-0.15, -0.1) is 10.2 Å². The van der Waals surface area contributed by atoms with Crippen LogP contribution in [-0.2, 0) is 7.05 Å². The average molecular weight is 247 g/mol. The molecule has 2 N–H and O–H groups in total. The van der Waals surface area contributed by atoms with Crippen LogP contribution in [0.1, 0.15) is 0 Å². The molecule has 1 aromatic heterocycles. The fourth-order valence-electron chi connectivity index (χ4n) is 1.91. The van der Waals surface area contributed by atoms with Gasteiger partial charge in [0.25, 0.3) is 0 Å². The molecule has 1 aromatic carbocycles. The topological polar surface area (TPSA) is 78.4 Å². The largest absolute Gasteiger partial charge is 0.454 e. The Bertz CT molecular complexity index is 595. The molecule has 3 rings (SSSR count). The molecule has 0 unspecified atom stereocenters. The molecule has 0 fully saturated rings. The number of fused-ring (bicyclic) bond motifs is 1. The summed E-state index contributed by atoms with van der Waals surface area (Å²) in [4.78, 5) is 1.86. The first-order chi connectivity index (χ1) is 8.68. The van der Waals surface area contributed by atoms with Gasteiger partial charge in [0.15, 0.2) is 11.5 Å². The van der Waals surface area contributed by atoms with Gasteiger partial charge in [-0.3, -0.25) is 4.57 Å². The SMILES string of the molecule is CN(c1cccc2c1OCO2)c1nnc(N)n1C. The van der Waals surface area contributed by atoms with E-state index in [1.54, 1.807) is 4.57 Å². The quantitative estimate of drug-likeness (QED) is 0.849. The van der Waals surface area contributed by atoms with Crippen molar-refractivity contribution in [1.29, 1.82) is 0 Å². The standard InChI is InChI=1S/C11H13N5O2/c1-15(11-14-13-10(12)16(11)2)7-4-3-5-8-9(7)18-6-17-8/h3-5H,6H2,1-2H3,(H2,12,13). The second-order valence-corrected chi connectivity index (χ2v) is 3.99. The Morgan fingerprint density at radius 3 is 2.89 bits per heavy atom. The maximum atomic E-state index is 5.68. The second kappa shape index (κ2) is 3.80. The van der Waals surface area contributed by atoms with Crippen LogP contribution in [-0.4, -0.2) is 28.6 Å². The van der Waals surface area contributed by atoms with Crippen molar-refractivity contribution in [3.63, 3.8) is 0 Å². The van der Waals surface area contributed by atoms with E-state index in [2.05, 4.69) is 10.2 Å². The van der Waals surface area contributed by atoms with Crippen molar-refractivity contribution in [2.45, 2.75) is 0 Å². The van der Waals surface area contributed by atoms with Crippen molar-refractivity contribution in [2.24, 2.45) is 7.05 Å². The Kier molecular flexibility index (Phi) is 2.26. The molecule has 94 valence electrons. The Hall–Kier alpha value is -2.44. The van der Waals surface area contributed by atoms with Crippen molar-refractivity contribution in [3.05, 3.63) is 18.2 Å². The van der Waals surface area contributed by atoms with Crippen LogP contribution in [0.5, 0.6) is 11.5 Å². The number of nitrogens with two attached hydrogens (primary N) is 1. The number of rotatable bonds is 2. The highest BCUT2D eigenvalue weighted by molar-refractivity contribution is 5.70. The zero-order valence-corrected chi connectivity index (χ0v) is 10.1. The van der Waals surface area contributed by atoms with Gasteiger partial charge in [0.05, 0.1) is 5.69 Å². The van der Waals surface area contributed by atoms with Gasteiger partial charge in [-0.1, -0.05) is 6.07 Å². The van der Waals surface area contributed by atoms with Gasteiger partial charge in [0, 0.05) is 14.1 Å². The highest BCUT2D eigenvalue weighted by Crippen LogP contribution is 2.42. The zero-order valence-electron chi connectivity index (χ0n) is 10.1. The third-order valence-corrected chi connectivity index (χ3v) is 2.92. The lowest BCUT2D eigenvalue weighted by Gasteiger charge is -2.19. The summed E-state index contributed by atoms with van der Waals surface area (Å²) in [5.74, 6) is 2.44. The molecular formula is C11H13N5O2. The summed E-state index contributed by atoms with van der Waals surface area (Å²) in [5, 5.41) is 7.87. The molecule has 1 aliphatic heterocycles. The smallest absolute Gasteiger partial charge is 0.232 e. The third kappa shape index (κ3) is 1.44. The highest BCUT2D eigenvalue weighted by atomic mass is 16.7. The van der Waals surface area contributed by atoms with Gasteiger partial charge in [-0.25, -0.2) is 0 Å². The van der Waals surface area contributed by atoms with Crippen molar-refractivity contribution in [3.8, 4) is 11.5 Å². The van der Waals surface area contributed by atoms with Crippen molar-refractivity contribution >= 4 is 17.6 Å². The van der Waals surface area contributed by atoms with E-state index in [0.717, 1.165) is 11.4 Å². The van der Waals surface area contributed by atoms with Crippen LogP contribution in [0.15, 0.2) is 18.2 Å². The van der Waals surface area contributed by atoms with Gasteiger partial charge in [-0.05, 0) is 12.1 Å². The predicted molar refractivity (Wildman–Crippen MR) is 66.0 cm³/mol. The van der Waals surface area contributed by atoms with Crippen LogP contribution < -0.4 is 20.1 Å². The van der Waals surface area contributed by atoms with E-state index in [0.29, 0.717) is 17.6 Å². The minimum absolute atomic E-state index is 0.237. The molecule has 2 aromatic rings. The molecule has 18 heavy (non-hydrogen) atoms. The maximum absolute atomic E-state index is 5.68. The van der Waals surface area contributed by atoms with Crippen molar-refractivity contribution < 1.29 is 9.47 Å². The third-order valence-electron chi connectivity index (χ3n) is 2.92. The molecule has 1 aliphatic rings. The summed E-state index contributed by atoms with van der Waals surface area (Å²) < 4.78 is 12.5. The van der Waals surface area contributed by atoms with Gasteiger partial charge < -0.3 is 20.1 Å². The van der Waals surface area contributed by atoms with Crippen LogP contribution in [0.3, 0.4) is 0 Å². The van der Waals surface area contributed by atoms with E-state index in [1.807, 2.05) is 37.2 Å². The summed E-state index contributed by atoms with van der Waals surface area (Å²) in [6, 6.07) is 5.70. The van der Waals surface area contributed by atoms with Crippen molar-refractivity contribution in [2.75, 3.05) is 24.5 Å². The molecule has 0 aliphatic carbocycles. The lowest BCUT2D eigenvalue weighted by Crippen LogP contribution is -2.15. The van der Waals surface area contributed by atoms with E-state index in [1.165, 1.54) is 0 Å². The molecule has 0 atom stereocenters. The van der Waals surface area contributed by atoms with Crippen LogP contribution in [0.2, 0.25) is 0 Å². The Morgan fingerprint density at radius 1 is 1.33 bits per heavy atom. The number of anilines is 3. The Morgan fingerprint density at radius 2 is 2.17 bits per heavy atom. The molecule has 7 nitrogen and oxygen atoms in total. The normalized spacial score (nSPS) is 12.8. The molecular weight excluding hydrogens is 234 g/mol. The van der Waals surface area contributed by atoms with Gasteiger partial charge >= 0.3 is 0 Å². The first-order valence-corrected chi connectivity index (χ1v) is 5.45. The van der Waals surface area contributed by atoms with E-state index in [9.17, 15) is 0 Å². The lowest BCUT2D eigenvalue weighted by atomic mass is 10.2. The van der Waals surface area contributed by atoms with Crippen LogP contribution in [0, 0.1) is 0 Å². The number of para-hydroxylation sites is 1. The minimum Gasteiger partial charge on any atom is -0.454 e. The lowest BCUT2D eigenvalue weighted by molar-refractivity contribution is 0.174. The number of hydrogen-bond donors (Lipinski definition) is 1. The maximum Gasteiger partial charge on any atom is 0.232 e. The number of benzene rings is 1. The van der Waals surface area contributed by atoms with Crippen LogP contribution in [0.4, 0.5) is 17.6 Å². The van der Waals surface area contributed by atoms with Crippen molar-refractivity contribution in [1.82, 2.24) is 14.8 Å². The van der Waals surface area contributed by atoms with E-state index in [-0.39, 0.29) is 6.79 Å².